The van der Waals surface area contributed by atoms with Crippen LogP contribution in [0.4, 0.5) is 0 Å². The summed E-state index contributed by atoms with van der Waals surface area (Å²) >= 11 is 0. The predicted molar refractivity (Wildman–Crippen MR) is 110 cm³/mol. The number of furan rings is 1. The Hall–Kier alpha value is -3.37. The Morgan fingerprint density at radius 1 is 0.929 bits per heavy atom. The van der Waals surface area contributed by atoms with Crippen molar-refractivity contribution in [2.75, 3.05) is 6.54 Å². The zero-order valence-corrected chi connectivity index (χ0v) is 15.3. The second kappa shape index (κ2) is 8.11. The molecule has 3 aromatic carbocycles. The maximum absolute atomic E-state index is 12.4. The van der Waals surface area contributed by atoms with Gasteiger partial charge in [-0.05, 0) is 34.0 Å². The first-order valence-electron chi connectivity index (χ1n) is 9.26. The molecule has 140 valence electrons. The lowest BCUT2D eigenvalue weighted by Gasteiger charge is -2.13. The van der Waals surface area contributed by atoms with Gasteiger partial charge in [0.1, 0.15) is 5.76 Å². The molecule has 1 aromatic heterocycles. The largest absolute Gasteiger partial charge is 0.464 e. The Morgan fingerprint density at radius 2 is 1.71 bits per heavy atom. The fourth-order valence-electron chi connectivity index (χ4n) is 3.32. The Labute approximate surface area is 163 Å². The molecule has 4 nitrogen and oxygen atoms in total. The number of rotatable bonds is 6. The van der Waals surface area contributed by atoms with Crippen LogP contribution in [0, 0.1) is 0 Å². The van der Waals surface area contributed by atoms with Crippen molar-refractivity contribution in [2.45, 2.75) is 12.5 Å². The maximum atomic E-state index is 12.4. The van der Waals surface area contributed by atoms with E-state index >= 15 is 0 Å². The third-order valence-electron chi connectivity index (χ3n) is 4.82. The molecule has 2 N–H and O–H groups in total. The monoisotopic (exact) mass is 371 g/mol. The lowest BCUT2D eigenvalue weighted by Crippen LogP contribution is -2.29. The van der Waals surface area contributed by atoms with E-state index in [9.17, 15) is 9.90 Å². The minimum Gasteiger partial charge on any atom is -0.464 e. The zero-order valence-electron chi connectivity index (χ0n) is 15.3. The molecule has 4 heteroatoms. The van der Waals surface area contributed by atoms with Crippen LogP contribution in [0.25, 0.3) is 22.1 Å². The lowest BCUT2D eigenvalue weighted by atomic mass is 10.0. The fourth-order valence-corrected chi connectivity index (χ4v) is 3.32. The van der Waals surface area contributed by atoms with Gasteiger partial charge in [0.2, 0.25) is 5.91 Å². The van der Waals surface area contributed by atoms with Crippen LogP contribution in [-0.2, 0) is 11.2 Å². The normalized spacial score (nSPS) is 12.0. The summed E-state index contributed by atoms with van der Waals surface area (Å²) in [6.07, 6.45) is 1.15. The Kier molecular flexibility index (Phi) is 5.22. The van der Waals surface area contributed by atoms with Crippen LogP contribution in [0.2, 0.25) is 0 Å². The van der Waals surface area contributed by atoms with Crippen molar-refractivity contribution < 1.29 is 14.3 Å². The molecular formula is C24H21NO3. The highest BCUT2D eigenvalue weighted by atomic mass is 16.3. The number of aliphatic hydroxyl groups excluding tert-OH is 1. The van der Waals surface area contributed by atoms with E-state index in [-0.39, 0.29) is 18.9 Å². The van der Waals surface area contributed by atoms with Crippen LogP contribution in [-0.4, -0.2) is 17.6 Å². The van der Waals surface area contributed by atoms with Gasteiger partial charge >= 0.3 is 0 Å². The Morgan fingerprint density at radius 3 is 2.50 bits per heavy atom. The van der Waals surface area contributed by atoms with Crippen molar-refractivity contribution in [1.29, 1.82) is 0 Å². The molecule has 1 unspecified atom stereocenters. The van der Waals surface area contributed by atoms with Gasteiger partial charge in [-0.1, -0.05) is 66.7 Å². The van der Waals surface area contributed by atoms with Crippen LogP contribution >= 0.6 is 0 Å². The van der Waals surface area contributed by atoms with E-state index in [1.165, 1.54) is 0 Å². The fraction of sp³-hybridized carbons (Fsp3) is 0.125. The molecule has 0 saturated carbocycles. The highest BCUT2D eigenvalue weighted by molar-refractivity contribution is 5.90. The SMILES string of the molecule is O=C(Cc1cccc2ccccc12)NCC(O)c1ccc(-c2ccco2)cc1. The van der Waals surface area contributed by atoms with E-state index < -0.39 is 6.10 Å². The Balaban J connectivity index is 1.36. The average Bonchev–Trinajstić information content (AvgIpc) is 3.27. The molecule has 0 aliphatic rings. The number of hydrogen-bond acceptors (Lipinski definition) is 3. The first-order valence-corrected chi connectivity index (χ1v) is 9.26. The average molecular weight is 371 g/mol. The number of amides is 1. The van der Waals surface area contributed by atoms with Crippen LogP contribution in [0.3, 0.4) is 0 Å². The first kappa shape index (κ1) is 18.0. The van der Waals surface area contributed by atoms with Gasteiger partial charge in [-0.2, -0.15) is 0 Å². The number of carbonyl (C=O) groups excluding carboxylic acids is 1. The number of fused-ring (bicyclic) bond motifs is 1. The summed E-state index contributed by atoms with van der Waals surface area (Å²) in [4.78, 5) is 12.4. The second-order valence-corrected chi connectivity index (χ2v) is 6.73. The number of carbonyl (C=O) groups is 1. The number of nitrogens with one attached hydrogen (secondary N) is 1. The van der Waals surface area contributed by atoms with Crippen molar-refractivity contribution >= 4 is 16.7 Å². The molecule has 0 spiro atoms. The summed E-state index contributed by atoms with van der Waals surface area (Å²) in [5.41, 5.74) is 2.68. The van der Waals surface area contributed by atoms with Crippen LogP contribution in [0.15, 0.2) is 89.5 Å². The topological polar surface area (TPSA) is 62.5 Å². The standard InChI is InChI=1S/C24H21NO3/c26-22(18-10-12-19(13-11-18)23-9-4-14-28-23)16-25-24(27)15-20-7-3-6-17-5-1-2-8-21(17)20/h1-14,22,26H,15-16H2,(H,25,27). The summed E-state index contributed by atoms with van der Waals surface area (Å²) in [6, 6.07) is 25.2. The molecule has 1 atom stereocenters. The molecular weight excluding hydrogens is 350 g/mol. The smallest absolute Gasteiger partial charge is 0.224 e. The van der Waals surface area contributed by atoms with E-state index in [2.05, 4.69) is 5.32 Å². The minimum atomic E-state index is -0.762. The highest BCUT2D eigenvalue weighted by Gasteiger charge is 2.12. The number of aliphatic hydroxyl groups is 1. The summed E-state index contributed by atoms with van der Waals surface area (Å²) in [5.74, 6) is 0.673. The van der Waals surface area contributed by atoms with E-state index in [1.54, 1.807) is 6.26 Å². The second-order valence-electron chi connectivity index (χ2n) is 6.73. The molecule has 0 radical (unpaired) electrons. The van der Waals surface area contributed by atoms with Gasteiger partial charge in [-0.3, -0.25) is 4.79 Å². The van der Waals surface area contributed by atoms with Gasteiger partial charge < -0.3 is 14.8 Å². The van der Waals surface area contributed by atoms with E-state index in [4.69, 9.17) is 4.42 Å². The third-order valence-corrected chi connectivity index (χ3v) is 4.82. The Bertz CT molecular complexity index is 1060. The highest BCUT2D eigenvalue weighted by Crippen LogP contribution is 2.22. The van der Waals surface area contributed by atoms with Crippen LogP contribution < -0.4 is 5.32 Å². The van der Waals surface area contributed by atoms with Crippen molar-refractivity contribution in [3.8, 4) is 11.3 Å². The van der Waals surface area contributed by atoms with Gasteiger partial charge in [0.25, 0.3) is 0 Å². The summed E-state index contributed by atoms with van der Waals surface area (Å²) in [7, 11) is 0. The number of benzene rings is 3. The van der Waals surface area contributed by atoms with E-state index in [0.29, 0.717) is 0 Å². The van der Waals surface area contributed by atoms with Gasteiger partial charge in [0.05, 0.1) is 18.8 Å². The third kappa shape index (κ3) is 3.97. The molecule has 0 aliphatic carbocycles. The van der Waals surface area contributed by atoms with Crippen molar-refractivity contribution in [1.82, 2.24) is 5.32 Å². The van der Waals surface area contributed by atoms with Crippen molar-refractivity contribution in [3.05, 3.63) is 96.3 Å². The van der Waals surface area contributed by atoms with Gasteiger partial charge in [-0.25, -0.2) is 0 Å². The molecule has 0 bridgehead atoms. The molecule has 4 rings (SSSR count). The quantitative estimate of drug-likeness (QED) is 0.525. The predicted octanol–water partition coefficient (Wildman–Crippen LogP) is 4.49. The summed E-state index contributed by atoms with van der Waals surface area (Å²) < 4.78 is 5.37. The lowest BCUT2D eigenvalue weighted by molar-refractivity contribution is -0.120. The summed E-state index contributed by atoms with van der Waals surface area (Å²) in [5, 5.41) is 15.4. The van der Waals surface area contributed by atoms with E-state index in [0.717, 1.165) is 33.2 Å². The first-order chi connectivity index (χ1) is 13.7. The molecule has 0 saturated heterocycles. The molecule has 1 heterocycles. The van der Waals surface area contributed by atoms with Crippen molar-refractivity contribution in [3.63, 3.8) is 0 Å². The van der Waals surface area contributed by atoms with Gasteiger partial charge in [0, 0.05) is 12.1 Å². The molecule has 28 heavy (non-hydrogen) atoms. The summed E-state index contributed by atoms with van der Waals surface area (Å²) in [6.45, 7) is 0.170. The molecule has 1 amide bonds. The van der Waals surface area contributed by atoms with Crippen LogP contribution in [0.5, 0.6) is 0 Å². The minimum absolute atomic E-state index is 0.109. The molecule has 0 aliphatic heterocycles. The van der Waals surface area contributed by atoms with Gasteiger partial charge in [0.15, 0.2) is 0 Å². The molecule has 0 fully saturated rings. The maximum Gasteiger partial charge on any atom is 0.224 e. The number of hydrogen-bond donors (Lipinski definition) is 2. The van der Waals surface area contributed by atoms with Gasteiger partial charge in [-0.15, -0.1) is 0 Å². The van der Waals surface area contributed by atoms with Crippen molar-refractivity contribution in [2.24, 2.45) is 0 Å². The zero-order chi connectivity index (χ0) is 19.3. The van der Waals surface area contributed by atoms with E-state index in [1.807, 2.05) is 78.9 Å². The molecule has 4 aromatic rings. The van der Waals surface area contributed by atoms with Crippen LogP contribution in [0.1, 0.15) is 17.2 Å².